The van der Waals surface area contributed by atoms with Crippen LogP contribution < -0.4 is 10.1 Å². The van der Waals surface area contributed by atoms with Gasteiger partial charge >= 0.3 is 0 Å². The molecule has 1 aromatic heterocycles. The van der Waals surface area contributed by atoms with Gasteiger partial charge in [0.15, 0.2) is 0 Å². The third-order valence-electron chi connectivity index (χ3n) is 5.27. The van der Waals surface area contributed by atoms with E-state index < -0.39 is 0 Å². The van der Waals surface area contributed by atoms with Gasteiger partial charge in [0.2, 0.25) is 5.22 Å². The van der Waals surface area contributed by atoms with Crippen molar-refractivity contribution < 1.29 is 14.1 Å². The maximum atomic E-state index is 12.6. The van der Waals surface area contributed by atoms with E-state index in [9.17, 15) is 4.79 Å². The molecule has 4 heterocycles. The van der Waals surface area contributed by atoms with E-state index in [4.69, 9.17) is 20.9 Å². The van der Waals surface area contributed by atoms with E-state index in [1.165, 1.54) is 18.9 Å². The maximum absolute atomic E-state index is 12.6. The highest BCUT2D eigenvalue weighted by atomic mass is 35.5. The second-order valence-electron chi connectivity index (χ2n) is 6.71. The van der Waals surface area contributed by atoms with E-state index in [0.29, 0.717) is 23.3 Å². The van der Waals surface area contributed by atoms with Crippen LogP contribution in [0, 0.1) is 5.92 Å². The van der Waals surface area contributed by atoms with Crippen LogP contribution in [0.15, 0.2) is 34.9 Å². The number of hydrogen-bond acceptors (Lipinski definition) is 5. The smallest absolute Gasteiger partial charge is 0.261 e. The number of piperidine rings is 3. The molecule has 0 saturated carbocycles. The first-order valence-corrected chi connectivity index (χ1v) is 8.93. The third kappa shape index (κ3) is 3.37. The molecule has 3 aliphatic rings. The summed E-state index contributed by atoms with van der Waals surface area (Å²) in [5.41, 5.74) is 0.620. The molecule has 0 aliphatic carbocycles. The summed E-state index contributed by atoms with van der Waals surface area (Å²) in [6, 6.07) is 9.07. The van der Waals surface area contributed by atoms with Gasteiger partial charge in [0.25, 0.3) is 11.8 Å². The van der Waals surface area contributed by atoms with Gasteiger partial charge in [-0.2, -0.15) is 0 Å². The molecule has 3 aliphatic heterocycles. The summed E-state index contributed by atoms with van der Waals surface area (Å²) in [4.78, 5) is 15.1. The van der Waals surface area contributed by atoms with Crippen molar-refractivity contribution in [3.63, 3.8) is 0 Å². The lowest BCUT2D eigenvalue weighted by Gasteiger charge is -2.49. The Bertz CT molecular complexity index is 751. The van der Waals surface area contributed by atoms with E-state index in [1.54, 1.807) is 24.3 Å². The summed E-state index contributed by atoms with van der Waals surface area (Å²) in [7, 11) is 0. The minimum Gasteiger partial charge on any atom is -0.436 e. The molecule has 132 valence electrons. The molecule has 1 N–H and O–H groups in total. The Morgan fingerprint density at radius 2 is 2.04 bits per heavy atom. The number of carbonyl (C=O) groups is 1. The van der Waals surface area contributed by atoms with Crippen molar-refractivity contribution >= 4 is 17.5 Å². The van der Waals surface area contributed by atoms with Gasteiger partial charge in [-0.25, -0.2) is 0 Å². The molecule has 2 bridgehead atoms. The van der Waals surface area contributed by atoms with Crippen LogP contribution in [0.4, 0.5) is 0 Å². The molecule has 1 aromatic carbocycles. The van der Waals surface area contributed by atoms with E-state index >= 15 is 0 Å². The van der Waals surface area contributed by atoms with E-state index in [-0.39, 0.29) is 23.0 Å². The number of halogens is 1. The molecular formula is C18H20ClN3O3. The van der Waals surface area contributed by atoms with Gasteiger partial charge in [0, 0.05) is 17.6 Å². The number of aromatic nitrogens is 1. The van der Waals surface area contributed by atoms with Crippen LogP contribution in [-0.2, 0) is 0 Å². The first-order chi connectivity index (χ1) is 12.1. The highest BCUT2D eigenvalue weighted by Crippen LogP contribution is 2.32. The normalized spacial score (nSPS) is 27.9. The topological polar surface area (TPSA) is 67.6 Å². The number of benzene rings is 1. The van der Waals surface area contributed by atoms with Gasteiger partial charge in [0.05, 0.1) is 6.07 Å². The van der Waals surface area contributed by atoms with Crippen molar-refractivity contribution in [1.29, 1.82) is 0 Å². The third-order valence-corrected chi connectivity index (χ3v) is 5.45. The number of hydrogen-bond donors (Lipinski definition) is 1. The van der Waals surface area contributed by atoms with Crippen LogP contribution in [0.5, 0.6) is 11.6 Å². The zero-order valence-electron chi connectivity index (χ0n) is 13.9. The average molecular weight is 362 g/mol. The molecule has 25 heavy (non-hydrogen) atoms. The van der Waals surface area contributed by atoms with E-state index in [0.717, 1.165) is 13.1 Å². The summed E-state index contributed by atoms with van der Waals surface area (Å²) in [5.74, 6) is 1.39. The highest BCUT2D eigenvalue weighted by Gasteiger charge is 2.40. The van der Waals surface area contributed by atoms with Crippen LogP contribution in [0.25, 0.3) is 0 Å². The lowest BCUT2D eigenvalue weighted by Crippen LogP contribution is -2.62. The zero-order valence-corrected chi connectivity index (χ0v) is 14.7. The zero-order chi connectivity index (χ0) is 17.4. The average Bonchev–Trinajstić information content (AvgIpc) is 3.04. The van der Waals surface area contributed by atoms with Gasteiger partial charge in [0.1, 0.15) is 5.75 Å². The number of ether oxygens (including phenoxy) is 1. The van der Waals surface area contributed by atoms with Crippen LogP contribution >= 0.6 is 11.6 Å². The number of nitrogens with one attached hydrogen (secondary N) is 1. The molecule has 0 spiro atoms. The van der Waals surface area contributed by atoms with Crippen molar-refractivity contribution in [1.82, 2.24) is 15.4 Å². The van der Waals surface area contributed by atoms with Crippen molar-refractivity contribution in [3.05, 3.63) is 41.1 Å². The molecule has 0 radical (unpaired) electrons. The first-order valence-electron chi connectivity index (χ1n) is 8.55. The lowest BCUT2D eigenvalue weighted by molar-refractivity contribution is 0.0217. The molecule has 3 fully saturated rings. The van der Waals surface area contributed by atoms with Gasteiger partial charge in [-0.3, -0.25) is 9.69 Å². The highest BCUT2D eigenvalue weighted by molar-refractivity contribution is 6.28. The number of rotatable bonds is 4. The summed E-state index contributed by atoms with van der Waals surface area (Å²) < 4.78 is 10.3. The summed E-state index contributed by atoms with van der Waals surface area (Å²) in [6.45, 7) is 4.50. The number of carbonyl (C=O) groups excluding carboxylic acids is 1. The van der Waals surface area contributed by atoms with Crippen LogP contribution in [-0.4, -0.2) is 41.1 Å². The minimum atomic E-state index is -0.0402. The fraction of sp³-hybridized carbons (Fsp3) is 0.444. The predicted molar refractivity (Wildman–Crippen MR) is 93.0 cm³/mol. The van der Waals surface area contributed by atoms with Crippen molar-refractivity contribution in [3.8, 4) is 11.6 Å². The fourth-order valence-electron chi connectivity index (χ4n) is 3.86. The Kier molecular flexibility index (Phi) is 4.39. The van der Waals surface area contributed by atoms with Crippen LogP contribution in [0.3, 0.4) is 0 Å². The molecule has 7 heteroatoms. The fourth-order valence-corrected chi connectivity index (χ4v) is 3.99. The number of amides is 1. The minimum absolute atomic E-state index is 0.0402. The van der Waals surface area contributed by atoms with Crippen molar-refractivity contribution in [2.24, 2.45) is 5.92 Å². The quantitative estimate of drug-likeness (QED) is 0.904. The molecular weight excluding hydrogens is 342 g/mol. The van der Waals surface area contributed by atoms with E-state index in [1.807, 2.05) is 0 Å². The van der Waals surface area contributed by atoms with Gasteiger partial charge < -0.3 is 14.6 Å². The van der Waals surface area contributed by atoms with Crippen LogP contribution in [0.1, 0.15) is 30.1 Å². The molecule has 2 aromatic rings. The largest absolute Gasteiger partial charge is 0.436 e. The lowest BCUT2D eigenvalue weighted by atomic mass is 9.79. The molecule has 1 amide bonds. The molecule has 3 saturated heterocycles. The Hall–Kier alpha value is -2.05. The Balaban J connectivity index is 1.40. The van der Waals surface area contributed by atoms with Crippen molar-refractivity contribution in [2.75, 3.05) is 13.1 Å². The Morgan fingerprint density at radius 1 is 1.32 bits per heavy atom. The summed E-state index contributed by atoms with van der Waals surface area (Å²) in [6.07, 6.45) is 2.34. The molecule has 5 rings (SSSR count). The Labute approximate surface area is 151 Å². The number of nitrogens with zero attached hydrogens (tertiary/aromatic N) is 2. The predicted octanol–water partition coefficient (Wildman–Crippen LogP) is 3.33. The molecule has 0 unspecified atom stereocenters. The first kappa shape index (κ1) is 16.4. The van der Waals surface area contributed by atoms with Crippen LogP contribution in [0.2, 0.25) is 5.22 Å². The molecule has 6 nitrogen and oxygen atoms in total. The second kappa shape index (κ2) is 6.69. The summed E-state index contributed by atoms with van der Waals surface area (Å²) in [5, 5.41) is 7.05. The SMILES string of the molecule is C[C@H]1[C@H](NC(=O)c2ccc(Oc3cc(Cl)on3)cc2)C2CCN1CC2. The second-order valence-corrected chi connectivity index (χ2v) is 7.08. The standard InChI is InChI=1S/C18H20ClN3O3/c1-11-17(12-6-8-22(11)9-7-12)20-18(23)13-2-4-14(5-3-13)24-16-10-15(19)25-21-16/h2-5,10-12,17H,6-9H2,1H3,(H,20,23)/t11-,17-/m0/s1. The maximum Gasteiger partial charge on any atom is 0.261 e. The summed E-state index contributed by atoms with van der Waals surface area (Å²) >= 11 is 5.66. The van der Waals surface area contributed by atoms with E-state index in [2.05, 4.69) is 22.3 Å². The van der Waals surface area contributed by atoms with Gasteiger partial charge in [-0.05, 0) is 79.8 Å². The number of fused-ring (bicyclic) bond motifs is 3. The van der Waals surface area contributed by atoms with Gasteiger partial charge in [-0.15, -0.1) is 0 Å². The Morgan fingerprint density at radius 3 is 2.64 bits per heavy atom. The monoisotopic (exact) mass is 361 g/mol. The van der Waals surface area contributed by atoms with Gasteiger partial charge in [-0.1, -0.05) is 0 Å². The van der Waals surface area contributed by atoms with Crippen molar-refractivity contribution in [2.45, 2.75) is 31.8 Å². The molecule has 2 atom stereocenters.